The van der Waals surface area contributed by atoms with Crippen molar-refractivity contribution in [3.05, 3.63) is 55.2 Å². The lowest BCUT2D eigenvalue weighted by Crippen LogP contribution is -2.12. The smallest absolute Gasteiger partial charge is 0.0648 e. The topological polar surface area (TPSA) is 26.0 Å². The molecule has 112 valence electrons. The highest BCUT2D eigenvalue weighted by molar-refractivity contribution is 7.12. The van der Waals surface area contributed by atoms with Crippen LogP contribution in [0, 0.1) is 13.8 Å². The summed E-state index contributed by atoms with van der Waals surface area (Å²) < 4.78 is 0. The number of thiophene rings is 1. The Morgan fingerprint density at radius 3 is 2.62 bits per heavy atom. The molecule has 1 heterocycles. The fraction of sp³-hybridized carbons (Fsp3) is 0.444. The lowest BCUT2D eigenvalue weighted by molar-refractivity contribution is 0.712. The Bertz CT molecular complexity index is 636. The second-order valence-electron chi connectivity index (χ2n) is 6.09. The molecule has 0 fully saturated rings. The van der Waals surface area contributed by atoms with Crippen LogP contribution in [-0.2, 0) is 12.8 Å². The van der Waals surface area contributed by atoms with Crippen molar-refractivity contribution in [1.82, 2.24) is 0 Å². The summed E-state index contributed by atoms with van der Waals surface area (Å²) in [6.45, 7) is 4.14. The Hall–Kier alpha value is -0.830. The van der Waals surface area contributed by atoms with Crippen LogP contribution in [0.5, 0.6) is 0 Å². The highest BCUT2D eigenvalue weighted by Gasteiger charge is 2.19. The lowest BCUT2D eigenvalue weighted by atomic mass is 9.98. The molecule has 0 saturated heterocycles. The van der Waals surface area contributed by atoms with Gasteiger partial charge in [0.2, 0.25) is 0 Å². The standard InChI is InChI=1S/C18H22ClNS/c1-11-9-15(19)12(2)8-14(11)18(20)17-10-13-6-4-3-5-7-16(13)21-17/h8-10,18H,3-7,20H2,1-2H3. The van der Waals surface area contributed by atoms with Gasteiger partial charge in [0.05, 0.1) is 6.04 Å². The third-order valence-corrected chi connectivity index (χ3v) is 6.18. The van der Waals surface area contributed by atoms with Crippen molar-refractivity contribution in [3.8, 4) is 0 Å². The summed E-state index contributed by atoms with van der Waals surface area (Å²) in [5, 5.41) is 0.824. The van der Waals surface area contributed by atoms with E-state index in [0.29, 0.717) is 0 Å². The molecule has 1 atom stereocenters. The van der Waals surface area contributed by atoms with Gasteiger partial charge in [-0.2, -0.15) is 0 Å². The third kappa shape index (κ3) is 3.03. The van der Waals surface area contributed by atoms with Crippen LogP contribution in [0.4, 0.5) is 0 Å². The van der Waals surface area contributed by atoms with Gasteiger partial charge in [0.25, 0.3) is 0 Å². The summed E-state index contributed by atoms with van der Waals surface area (Å²) in [4.78, 5) is 2.85. The van der Waals surface area contributed by atoms with E-state index >= 15 is 0 Å². The van der Waals surface area contributed by atoms with E-state index in [1.54, 1.807) is 4.88 Å². The van der Waals surface area contributed by atoms with Crippen molar-refractivity contribution in [1.29, 1.82) is 0 Å². The molecule has 1 aromatic carbocycles. The van der Waals surface area contributed by atoms with E-state index in [-0.39, 0.29) is 6.04 Å². The van der Waals surface area contributed by atoms with Crippen LogP contribution in [0.15, 0.2) is 18.2 Å². The van der Waals surface area contributed by atoms with Crippen molar-refractivity contribution in [3.63, 3.8) is 0 Å². The normalized spacial score (nSPS) is 16.4. The molecule has 3 rings (SSSR count). The lowest BCUT2D eigenvalue weighted by Gasteiger charge is -2.15. The minimum atomic E-state index is -0.0297. The second-order valence-corrected chi connectivity index (χ2v) is 7.67. The zero-order valence-electron chi connectivity index (χ0n) is 12.7. The molecule has 1 aliphatic rings. The molecule has 1 aliphatic carbocycles. The van der Waals surface area contributed by atoms with Gasteiger partial charge in [-0.25, -0.2) is 0 Å². The summed E-state index contributed by atoms with van der Waals surface area (Å²) >= 11 is 8.11. The fourth-order valence-electron chi connectivity index (χ4n) is 3.14. The first kappa shape index (κ1) is 15.1. The highest BCUT2D eigenvalue weighted by Crippen LogP contribution is 2.35. The molecule has 21 heavy (non-hydrogen) atoms. The summed E-state index contributed by atoms with van der Waals surface area (Å²) in [5.74, 6) is 0. The molecule has 0 spiro atoms. The van der Waals surface area contributed by atoms with Gasteiger partial charge in [-0.15, -0.1) is 11.3 Å². The van der Waals surface area contributed by atoms with E-state index in [1.807, 2.05) is 24.3 Å². The van der Waals surface area contributed by atoms with Crippen LogP contribution in [0.2, 0.25) is 5.02 Å². The van der Waals surface area contributed by atoms with Crippen molar-refractivity contribution >= 4 is 22.9 Å². The first-order valence-corrected chi connectivity index (χ1v) is 8.89. The quantitative estimate of drug-likeness (QED) is 0.743. The average Bonchev–Trinajstić information content (AvgIpc) is 2.73. The maximum absolute atomic E-state index is 6.55. The van der Waals surface area contributed by atoms with E-state index in [0.717, 1.165) is 10.6 Å². The molecule has 2 N–H and O–H groups in total. The first-order chi connectivity index (χ1) is 10.1. The van der Waals surface area contributed by atoms with Crippen molar-refractivity contribution in [2.75, 3.05) is 0 Å². The Labute approximate surface area is 136 Å². The fourth-order valence-corrected chi connectivity index (χ4v) is 4.63. The zero-order chi connectivity index (χ0) is 15.0. The Morgan fingerprint density at radius 2 is 1.81 bits per heavy atom. The van der Waals surface area contributed by atoms with Crippen molar-refractivity contribution in [2.45, 2.75) is 52.0 Å². The van der Waals surface area contributed by atoms with E-state index < -0.39 is 0 Å². The van der Waals surface area contributed by atoms with Gasteiger partial charge in [-0.1, -0.05) is 24.1 Å². The summed E-state index contributed by atoms with van der Waals surface area (Å²) in [6, 6.07) is 6.50. The van der Waals surface area contributed by atoms with E-state index in [2.05, 4.69) is 19.1 Å². The summed E-state index contributed by atoms with van der Waals surface area (Å²) in [5.41, 5.74) is 11.6. The van der Waals surface area contributed by atoms with Gasteiger partial charge in [-0.05, 0) is 73.9 Å². The van der Waals surface area contributed by atoms with Crippen LogP contribution < -0.4 is 5.73 Å². The largest absolute Gasteiger partial charge is 0.320 e. The van der Waals surface area contributed by atoms with E-state index in [9.17, 15) is 0 Å². The first-order valence-electron chi connectivity index (χ1n) is 7.70. The predicted octanol–water partition coefficient (Wildman–Crippen LogP) is 5.34. The molecule has 0 amide bonds. The number of benzene rings is 1. The summed E-state index contributed by atoms with van der Waals surface area (Å²) in [7, 11) is 0. The number of halogens is 1. The van der Waals surface area contributed by atoms with Gasteiger partial charge in [0, 0.05) is 14.8 Å². The van der Waals surface area contributed by atoms with Gasteiger partial charge in [-0.3, -0.25) is 0 Å². The number of fused-ring (bicyclic) bond motifs is 1. The average molecular weight is 320 g/mol. The third-order valence-electron chi connectivity index (χ3n) is 4.45. The molecule has 0 aliphatic heterocycles. The van der Waals surface area contributed by atoms with Crippen LogP contribution in [0.1, 0.15) is 57.3 Å². The molecular weight excluding hydrogens is 298 g/mol. The number of aryl methyl sites for hydroxylation is 4. The molecule has 2 aromatic rings. The minimum Gasteiger partial charge on any atom is -0.320 e. The number of hydrogen-bond donors (Lipinski definition) is 1. The molecule has 0 saturated carbocycles. The zero-order valence-corrected chi connectivity index (χ0v) is 14.3. The summed E-state index contributed by atoms with van der Waals surface area (Å²) in [6.07, 6.45) is 6.44. The monoisotopic (exact) mass is 319 g/mol. The van der Waals surface area contributed by atoms with Crippen molar-refractivity contribution in [2.24, 2.45) is 5.73 Å². The van der Waals surface area contributed by atoms with Crippen LogP contribution in [0.25, 0.3) is 0 Å². The molecule has 1 aromatic heterocycles. The van der Waals surface area contributed by atoms with Crippen LogP contribution in [0.3, 0.4) is 0 Å². The Kier molecular flexibility index (Phi) is 4.39. The van der Waals surface area contributed by atoms with Crippen LogP contribution in [-0.4, -0.2) is 0 Å². The Morgan fingerprint density at radius 1 is 1.05 bits per heavy atom. The van der Waals surface area contributed by atoms with Gasteiger partial charge in [0.1, 0.15) is 0 Å². The molecule has 3 heteroatoms. The van der Waals surface area contributed by atoms with E-state index in [1.165, 1.54) is 53.7 Å². The SMILES string of the molecule is Cc1cc(C(N)c2cc3c(s2)CCCCC3)c(C)cc1Cl. The second kappa shape index (κ2) is 6.12. The van der Waals surface area contributed by atoms with E-state index in [4.69, 9.17) is 17.3 Å². The molecular formula is C18H22ClNS. The van der Waals surface area contributed by atoms with Crippen molar-refractivity contribution < 1.29 is 0 Å². The maximum atomic E-state index is 6.55. The maximum Gasteiger partial charge on any atom is 0.0648 e. The van der Waals surface area contributed by atoms with Crippen LogP contribution >= 0.6 is 22.9 Å². The highest BCUT2D eigenvalue weighted by atomic mass is 35.5. The predicted molar refractivity (Wildman–Crippen MR) is 92.5 cm³/mol. The minimum absolute atomic E-state index is 0.0297. The number of nitrogens with two attached hydrogens (primary N) is 1. The number of rotatable bonds is 2. The molecule has 0 bridgehead atoms. The number of hydrogen-bond acceptors (Lipinski definition) is 2. The van der Waals surface area contributed by atoms with Gasteiger partial charge < -0.3 is 5.73 Å². The molecule has 0 radical (unpaired) electrons. The molecule has 1 nitrogen and oxygen atoms in total. The molecule has 1 unspecified atom stereocenters. The Balaban J connectivity index is 1.95. The van der Waals surface area contributed by atoms with Gasteiger partial charge in [0.15, 0.2) is 0 Å². The van der Waals surface area contributed by atoms with Gasteiger partial charge >= 0.3 is 0 Å².